The molecule has 0 fully saturated rings. The second kappa shape index (κ2) is 6.16. The van der Waals surface area contributed by atoms with Crippen LogP contribution in [0.4, 0.5) is 0 Å². The van der Waals surface area contributed by atoms with Gasteiger partial charge in [0.05, 0.1) is 37.9 Å². The van der Waals surface area contributed by atoms with Crippen molar-refractivity contribution in [1.82, 2.24) is 15.1 Å². The molecule has 2 aromatic rings. The summed E-state index contributed by atoms with van der Waals surface area (Å²) >= 11 is 0. The molecule has 1 aromatic carbocycles. The summed E-state index contributed by atoms with van der Waals surface area (Å²) in [6.45, 7) is 1.98. The molecule has 0 saturated heterocycles. The van der Waals surface area contributed by atoms with Gasteiger partial charge in [-0.3, -0.25) is 4.68 Å². The molecule has 0 spiro atoms. The second-order valence-electron chi connectivity index (χ2n) is 4.44. The average molecular weight is 267 g/mol. The second-order valence-corrected chi connectivity index (χ2v) is 4.44. The van der Waals surface area contributed by atoms with Crippen molar-refractivity contribution in [2.45, 2.75) is 13.2 Å². The Morgan fingerprint density at radius 3 is 2.85 bits per heavy atom. The van der Waals surface area contributed by atoms with Gasteiger partial charge in [0.25, 0.3) is 0 Å². The maximum absolute atomic E-state index is 5.63. The topological polar surface area (TPSA) is 53.5 Å². The van der Waals surface area contributed by atoms with E-state index >= 15 is 0 Å². The molecule has 5 nitrogen and oxygen atoms in total. The normalized spacial score (nSPS) is 13.3. The molecule has 0 atom stereocenters. The minimum atomic E-state index is 0.628. The number of ether oxygens (including phenoxy) is 1. The molecule has 101 valence electrons. The first-order chi connectivity index (χ1) is 9.92. The Kier molecular flexibility index (Phi) is 3.89. The number of rotatable bonds is 6. The minimum absolute atomic E-state index is 0.628. The van der Waals surface area contributed by atoms with Crippen molar-refractivity contribution >= 4 is 12.0 Å². The lowest BCUT2D eigenvalue weighted by atomic mass is 10.2. The van der Waals surface area contributed by atoms with Gasteiger partial charge in [-0.05, 0) is 5.56 Å². The van der Waals surface area contributed by atoms with Crippen molar-refractivity contribution in [2.24, 2.45) is 4.99 Å². The van der Waals surface area contributed by atoms with E-state index in [2.05, 4.69) is 27.5 Å². The highest BCUT2D eigenvalue weighted by atomic mass is 16.5. The van der Waals surface area contributed by atoms with Gasteiger partial charge in [0.1, 0.15) is 6.34 Å². The molecule has 2 heterocycles. The molecular weight excluding hydrogens is 252 g/mol. The van der Waals surface area contributed by atoms with E-state index in [4.69, 9.17) is 4.74 Å². The SMILES string of the molecule is C1=NC(c2cnn(CCOCc3ccccc3)c2)=C[N]1. The maximum atomic E-state index is 5.63. The van der Waals surface area contributed by atoms with Gasteiger partial charge in [0.15, 0.2) is 0 Å². The predicted octanol–water partition coefficient (Wildman–Crippen LogP) is 2.04. The molecule has 0 saturated carbocycles. The Morgan fingerprint density at radius 1 is 1.15 bits per heavy atom. The molecule has 0 bridgehead atoms. The van der Waals surface area contributed by atoms with E-state index in [1.807, 2.05) is 29.1 Å². The van der Waals surface area contributed by atoms with E-state index < -0.39 is 0 Å². The van der Waals surface area contributed by atoms with Crippen molar-refractivity contribution in [3.63, 3.8) is 0 Å². The first-order valence-electron chi connectivity index (χ1n) is 6.49. The maximum Gasteiger partial charge on any atom is 0.116 e. The van der Waals surface area contributed by atoms with Crippen LogP contribution in [-0.4, -0.2) is 22.7 Å². The molecule has 0 unspecified atom stereocenters. The van der Waals surface area contributed by atoms with Crippen LogP contribution in [0, 0.1) is 0 Å². The van der Waals surface area contributed by atoms with Crippen molar-refractivity contribution in [1.29, 1.82) is 0 Å². The third kappa shape index (κ3) is 3.13. The summed E-state index contributed by atoms with van der Waals surface area (Å²) in [7, 11) is 0. The number of aromatic nitrogens is 2. The van der Waals surface area contributed by atoms with Crippen molar-refractivity contribution in [3.05, 3.63) is 60.1 Å². The lowest BCUT2D eigenvalue weighted by molar-refractivity contribution is 0.111. The average Bonchev–Trinajstić information content (AvgIpc) is 3.15. The quantitative estimate of drug-likeness (QED) is 0.752. The Labute approximate surface area is 117 Å². The number of hydrogen-bond donors (Lipinski definition) is 0. The summed E-state index contributed by atoms with van der Waals surface area (Å²) in [5.74, 6) is 0. The van der Waals surface area contributed by atoms with Crippen molar-refractivity contribution in [3.8, 4) is 0 Å². The molecule has 1 aliphatic heterocycles. The van der Waals surface area contributed by atoms with Crippen LogP contribution in [0.1, 0.15) is 11.1 Å². The zero-order chi connectivity index (χ0) is 13.6. The highest BCUT2D eigenvalue weighted by Gasteiger charge is 2.06. The van der Waals surface area contributed by atoms with Gasteiger partial charge in [-0.2, -0.15) is 5.10 Å². The predicted molar refractivity (Wildman–Crippen MR) is 76.9 cm³/mol. The van der Waals surface area contributed by atoms with E-state index in [-0.39, 0.29) is 0 Å². The first-order valence-corrected chi connectivity index (χ1v) is 6.49. The summed E-state index contributed by atoms with van der Waals surface area (Å²) in [5, 5.41) is 8.23. The Hall–Kier alpha value is -2.40. The van der Waals surface area contributed by atoms with Crippen LogP contribution in [0.5, 0.6) is 0 Å². The van der Waals surface area contributed by atoms with Crippen molar-refractivity contribution < 1.29 is 4.74 Å². The van der Waals surface area contributed by atoms with Gasteiger partial charge in [-0.1, -0.05) is 30.3 Å². The fourth-order valence-electron chi connectivity index (χ4n) is 1.92. The summed E-state index contributed by atoms with van der Waals surface area (Å²) in [6, 6.07) is 10.1. The van der Waals surface area contributed by atoms with Crippen LogP contribution < -0.4 is 5.32 Å². The molecule has 5 heteroatoms. The van der Waals surface area contributed by atoms with Gasteiger partial charge < -0.3 is 4.74 Å². The summed E-state index contributed by atoms with van der Waals surface area (Å²) in [5.41, 5.74) is 3.01. The molecule has 3 rings (SSSR count). The van der Waals surface area contributed by atoms with Crippen LogP contribution in [0.15, 0.2) is 53.9 Å². The lowest BCUT2D eigenvalue weighted by Gasteiger charge is -2.04. The van der Waals surface area contributed by atoms with Gasteiger partial charge in [0.2, 0.25) is 0 Å². The van der Waals surface area contributed by atoms with Crippen molar-refractivity contribution in [2.75, 3.05) is 6.61 Å². The molecule has 1 aliphatic rings. The van der Waals surface area contributed by atoms with E-state index in [0.717, 1.165) is 17.8 Å². The third-order valence-corrected chi connectivity index (χ3v) is 2.97. The van der Waals surface area contributed by atoms with Crippen LogP contribution in [0.3, 0.4) is 0 Å². The Balaban J connectivity index is 1.46. The van der Waals surface area contributed by atoms with Gasteiger partial charge in [-0.15, -0.1) is 0 Å². The smallest absolute Gasteiger partial charge is 0.116 e. The number of nitrogens with zero attached hydrogens (tertiary/aromatic N) is 4. The van der Waals surface area contributed by atoms with Gasteiger partial charge >= 0.3 is 0 Å². The fraction of sp³-hybridized carbons (Fsp3) is 0.200. The lowest BCUT2D eigenvalue weighted by Crippen LogP contribution is -2.06. The number of hydrogen-bond acceptors (Lipinski definition) is 3. The third-order valence-electron chi connectivity index (χ3n) is 2.97. The molecule has 0 N–H and O–H groups in total. The molecule has 1 radical (unpaired) electrons. The Bertz CT molecular complexity index is 616. The van der Waals surface area contributed by atoms with Crippen LogP contribution >= 0.6 is 0 Å². The van der Waals surface area contributed by atoms with Crippen LogP contribution in [-0.2, 0) is 17.9 Å². The van der Waals surface area contributed by atoms with E-state index in [9.17, 15) is 0 Å². The molecule has 20 heavy (non-hydrogen) atoms. The van der Waals surface area contributed by atoms with Gasteiger partial charge in [-0.25, -0.2) is 10.3 Å². The minimum Gasteiger partial charge on any atom is -0.375 e. The van der Waals surface area contributed by atoms with E-state index in [1.54, 1.807) is 12.4 Å². The summed E-state index contributed by atoms with van der Waals surface area (Å²) < 4.78 is 7.49. The Morgan fingerprint density at radius 2 is 2.05 bits per heavy atom. The first kappa shape index (κ1) is 12.6. The molecule has 1 aromatic heterocycles. The number of aliphatic imine (C=N–C) groups is 1. The largest absolute Gasteiger partial charge is 0.375 e. The number of benzene rings is 1. The summed E-state index contributed by atoms with van der Waals surface area (Å²) in [6.07, 6.45) is 7.01. The molecule has 0 amide bonds. The van der Waals surface area contributed by atoms with Crippen LogP contribution in [0.25, 0.3) is 5.70 Å². The molecule has 0 aliphatic carbocycles. The van der Waals surface area contributed by atoms with E-state index in [0.29, 0.717) is 13.2 Å². The highest BCUT2D eigenvalue weighted by molar-refractivity contribution is 5.78. The highest BCUT2D eigenvalue weighted by Crippen LogP contribution is 2.16. The standard InChI is InChI=1S/C15H15N4O/c1-2-4-13(5-3-1)11-20-7-6-19-10-14(8-18-19)15-9-16-12-17-15/h1-5,8-10,12H,6-7,11H2. The van der Waals surface area contributed by atoms with Crippen LogP contribution in [0.2, 0.25) is 0 Å². The fourth-order valence-corrected chi connectivity index (χ4v) is 1.92. The molecular formula is C15H15N4O. The van der Waals surface area contributed by atoms with Gasteiger partial charge in [0, 0.05) is 11.8 Å². The zero-order valence-corrected chi connectivity index (χ0v) is 11.0. The zero-order valence-electron chi connectivity index (χ0n) is 11.0. The summed E-state index contributed by atoms with van der Waals surface area (Å²) in [4.78, 5) is 4.14. The monoisotopic (exact) mass is 267 g/mol. The van der Waals surface area contributed by atoms with E-state index in [1.165, 1.54) is 11.9 Å².